The molecular formula is C11H6F3NO2S. The van der Waals surface area contributed by atoms with Crippen molar-refractivity contribution in [2.45, 2.75) is 6.18 Å². The van der Waals surface area contributed by atoms with Gasteiger partial charge in [-0.3, -0.25) is 4.79 Å². The van der Waals surface area contributed by atoms with E-state index in [1.807, 2.05) is 0 Å². The van der Waals surface area contributed by atoms with Crippen LogP contribution in [0.1, 0.15) is 16.1 Å². The second-order valence-corrected chi connectivity index (χ2v) is 4.11. The van der Waals surface area contributed by atoms with Gasteiger partial charge in [0.05, 0.1) is 0 Å². The summed E-state index contributed by atoms with van der Waals surface area (Å²) < 4.78 is 42.0. The second kappa shape index (κ2) is 4.77. The van der Waals surface area contributed by atoms with Crippen molar-refractivity contribution in [3.05, 3.63) is 40.9 Å². The summed E-state index contributed by atoms with van der Waals surface area (Å²) in [5.74, 6) is 0.323. The van der Waals surface area contributed by atoms with Gasteiger partial charge in [0.25, 0.3) is 5.19 Å². The van der Waals surface area contributed by atoms with Crippen molar-refractivity contribution >= 4 is 17.6 Å². The van der Waals surface area contributed by atoms with Gasteiger partial charge in [0.15, 0.2) is 5.69 Å². The predicted molar refractivity (Wildman–Crippen MR) is 59.0 cm³/mol. The largest absolute Gasteiger partial charge is 0.434 e. The number of aromatic nitrogens is 1. The Morgan fingerprint density at radius 3 is 2.39 bits per heavy atom. The van der Waals surface area contributed by atoms with Gasteiger partial charge in [-0.25, -0.2) is 0 Å². The Bertz CT molecular complexity index is 548. The number of hydrogen-bond donors (Lipinski definition) is 0. The number of carbonyl (C=O) groups is 1. The van der Waals surface area contributed by atoms with Crippen LogP contribution in [0.15, 0.2) is 29.6 Å². The molecule has 94 valence electrons. The molecule has 18 heavy (non-hydrogen) atoms. The first-order valence-electron chi connectivity index (χ1n) is 4.75. The summed E-state index contributed by atoms with van der Waals surface area (Å²) in [6, 6.07) is 5.97. The fourth-order valence-electron chi connectivity index (χ4n) is 1.15. The number of alkyl halides is 3. The summed E-state index contributed by atoms with van der Waals surface area (Å²) in [4.78, 5) is 13.7. The van der Waals surface area contributed by atoms with E-state index >= 15 is 0 Å². The molecule has 2 aromatic rings. The lowest BCUT2D eigenvalue weighted by molar-refractivity contribution is -0.140. The van der Waals surface area contributed by atoms with Gasteiger partial charge in [0.1, 0.15) is 12.0 Å². The average molecular weight is 273 g/mol. The summed E-state index contributed by atoms with van der Waals surface area (Å²) in [6.45, 7) is 0. The molecule has 0 radical (unpaired) electrons. The maximum atomic E-state index is 12.3. The number of aldehydes is 1. The molecule has 0 amide bonds. The highest BCUT2D eigenvalue weighted by molar-refractivity contribution is 7.11. The molecule has 0 saturated carbocycles. The average Bonchev–Trinajstić information content (AvgIpc) is 2.78. The molecule has 1 aromatic heterocycles. The Morgan fingerprint density at radius 2 is 1.89 bits per heavy atom. The number of rotatable bonds is 3. The Balaban J connectivity index is 2.13. The Morgan fingerprint density at radius 1 is 1.22 bits per heavy atom. The first-order chi connectivity index (χ1) is 8.49. The minimum atomic E-state index is -4.47. The first-order valence-corrected chi connectivity index (χ1v) is 5.63. The molecular weight excluding hydrogens is 267 g/mol. The highest BCUT2D eigenvalue weighted by Gasteiger charge is 2.34. The summed E-state index contributed by atoms with van der Waals surface area (Å²) in [5.41, 5.74) is -0.524. The lowest BCUT2D eigenvalue weighted by Crippen LogP contribution is -2.04. The smallest absolute Gasteiger partial charge is 0.431 e. The highest BCUT2D eigenvalue weighted by atomic mass is 32.1. The van der Waals surface area contributed by atoms with E-state index in [1.54, 1.807) is 0 Å². The first kappa shape index (κ1) is 12.6. The van der Waals surface area contributed by atoms with E-state index in [-0.39, 0.29) is 5.19 Å². The lowest BCUT2D eigenvalue weighted by atomic mass is 10.2. The van der Waals surface area contributed by atoms with Crippen LogP contribution >= 0.6 is 11.3 Å². The number of halogens is 3. The Labute approximate surface area is 104 Å². The van der Waals surface area contributed by atoms with Crippen molar-refractivity contribution < 1.29 is 22.7 Å². The molecule has 1 heterocycles. The van der Waals surface area contributed by atoms with E-state index < -0.39 is 11.9 Å². The van der Waals surface area contributed by atoms with E-state index in [4.69, 9.17) is 4.74 Å². The number of nitrogens with zero attached hydrogens (tertiary/aromatic N) is 1. The summed E-state index contributed by atoms with van der Waals surface area (Å²) in [5, 5.41) is 0.788. The summed E-state index contributed by atoms with van der Waals surface area (Å²) >= 11 is 0.758. The zero-order valence-electron chi connectivity index (χ0n) is 8.77. The lowest BCUT2D eigenvalue weighted by Gasteiger charge is -2.02. The fourth-order valence-corrected chi connectivity index (χ4v) is 1.84. The molecule has 0 aliphatic rings. The van der Waals surface area contributed by atoms with Gasteiger partial charge in [-0.2, -0.15) is 18.2 Å². The molecule has 0 fully saturated rings. The van der Waals surface area contributed by atoms with Crippen LogP contribution in [0.5, 0.6) is 10.9 Å². The molecule has 3 nitrogen and oxygen atoms in total. The van der Waals surface area contributed by atoms with Gasteiger partial charge >= 0.3 is 6.18 Å². The molecule has 0 spiro atoms. The molecule has 0 atom stereocenters. The standard InChI is InChI=1S/C11H6F3NO2S/c12-11(13,14)9-6-18-10(15-9)17-8-3-1-7(5-16)2-4-8/h1-6H. The van der Waals surface area contributed by atoms with E-state index in [0.717, 1.165) is 16.7 Å². The molecule has 2 rings (SSSR count). The van der Waals surface area contributed by atoms with Gasteiger partial charge in [-0.15, -0.1) is 0 Å². The fraction of sp³-hybridized carbons (Fsp3) is 0.0909. The Kier molecular flexibility index (Phi) is 3.33. The van der Waals surface area contributed by atoms with Gasteiger partial charge in [0.2, 0.25) is 0 Å². The van der Waals surface area contributed by atoms with Crippen molar-refractivity contribution in [2.75, 3.05) is 0 Å². The quantitative estimate of drug-likeness (QED) is 0.799. The molecule has 0 unspecified atom stereocenters. The van der Waals surface area contributed by atoms with Crippen molar-refractivity contribution in [3.63, 3.8) is 0 Å². The number of ether oxygens (including phenoxy) is 1. The second-order valence-electron chi connectivity index (χ2n) is 3.29. The van der Waals surface area contributed by atoms with Crippen LogP contribution in [0.3, 0.4) is 0 Å². The van der Waals surface area contributed by atoms with Gasteiger partial charge in [0, 0.05) is 10.9 Å². The zero-order valence-corrected chi connectivity index (χ0v) is 9.59. The maximum absolute atomic E-state index is 12.3. The summed E-state index contributed by atoms with van der Waals surface area (Å²) in [7, 11) is 0. The number of carbonyl (C=O) groups excluding carboxylic acids is 1. The van der Waals surface area contributed by atoms with Gasteiger partial charge < -0.3 is 4.74 Å². The van der Waals surface area contributed by atoms with Crippen LogP contribution in [-0.4, -0.2) is 11.3 Å². The van der Waals surface area contributed by atoms with Crippen molar-refractivity contribution in [2.24, 2.45) is 0 Å². The SMILES string of the molecule is O=Cc1ccc(Oc2nc(C(F)(F)F)cs2)cc1. The Hall–Kier alpha value is -1.89. The number of hydrogen-bond acceptors (Lipinski definition) is 4. The van der Waals surface area contributed by atoms with Crippen LogP contribution in [0.4, 0.5) is 13.2 Å². The third-order valence-electron chi connectivity index (χ3n) is 1.99. The molecule has 0 N–H and O–H groups in total. The van der Waals surface area contributed by atoms with Crippen LogP contribution in [-0.2, 0) is 6.18 Å². The minimum absolute atomic E-state index is 0.0961. The number of thiazole rings is 1. The molecule has 0 bridgehead atoms. The molecule has 7 heteroatoms. The molecule has 0 aliphatic carbocycles. The topological polar surface area (TPSA) is 39.2 Å². The van der Waals surface area contributed by atoms with E-state index in [1.165, 1.54) is 24.3 Å². The van der Waals surface area contributed by atoms with Crippen LogP contribution in [0, 0.1) is 0 Å². The third kappa shape index (κ3) is 2.86. The molecule has 1 aromatic carbocycles. The number of benzene rings is 1. The van der Waals surface area contributed by atoms with Crippen molar-refractivity contribution in [1.29, 1.82) is 0 Å². The maximum Gasteiger partial charge on any atom is 0.434 e. The zero-order chi connectivity index (χ0) is 13.2. The van der Waals surface area contributed by atoms with Crippen LogP contribution in [0.2, 0.25) is 0 Å². The van der Waals surface area contributed by atoms with Gasteiger partial charge in [-0.1, -0.05) is 11.3 Å². The monoisotopic (exact) mass is 273 g/mol. The third-order valence-corrected chi connectivity index (χ3v) is 2.71. The highest BCUT2D eigenvalue weighted by Crippen LogP contribution is 2.34. The molecule has 0 aliphatic heterocycles. The minimum Gasteiger partial charge on any atom is -0.431 e. The predicted octanol–water partition coefficient (Wildman–Crippen LogP) is 3.77. The van der Waals surface area contributed by atoms with E-state index in [9.17, 15) is 18.0 Å². The van der Waals surface area contributed by atoms with Crippen molar-refractivity contribution in [3.8, 4) is 10.9 Å². The van der Waals surface area contributed by atoms with E-state index in [0.29, 0.717) is 17.6 Å². The normalized spacial score (nSPS) is 11.3. The summed E-state index contributed by atoms with van der Waals surface area (Å²) in [6.07, 6.45) is -3.81. The van der Waals surface area contributed by atoms with Crippen LogP contribution < -0.4 is 4.74 Å². The molecule has 0 saturated heterocycles. The van der Waals surface area contributed by atoms with Crippen LogP contribution in [0.25, 0.3) is 0 Å². The van der Waals surface area contributed by atoms with Gasteiger partial charge in [-0.05, 0) is 24.3 Å². The van der Waals surface area contributed by atoms with Crippen molar-refractivity contribution in [1.82, 2.24) is 4.98 Å². The van der Waals surface area contributed by atoms with E-state index in [2.05, 4.69) is 4.98 Å².